The number of nitrogens with one attached hydrogen (secondary N) is 2. The second-order valence-electron chi connectivity index (χ2n) is 13.6. The molecule has 4 aromatic carbocycles. The van der Waals surface area contributed by atoms with E-state index in [1.165, 1.54) is 75.4 Å². The highest BCUT2D eigenvalue weighted by atomic mass is 35.5. The number of fused-ring (bicyclic) bond motifs is 2. The largest absolute Gasteiger partial charge is 0.497 e. The van der Waals surface area contributed by atoms with Gasteiger partial charge in [0.05, 0.1) is 36.4 Å². The van der Waals surface area contributed by atoms with Crippen LogP contribution < -0.4 is 20.1 Å². The molecule has 0 spiro atoms. The second-order valence-corrected chi connectivity index (χ2v) is 14.7. The smallest absolute Gasteiger partial charge is 0.298 e. The SMILES string of the molecule is COc1ccc2c(c1)c(C(=O)C(=O)Nc1ccnc(Cl)c1)c(Cl)n2Cc1ccc(F)cc1.COc1ccc2c(c1)c(C(=O)C(=O)Nc1ccncn1)c(Cl)n2Cc1ccc(F)cc1. The molecule has 8 rings (SSSR count). The minimum Gasteiger partial charge on any atom is -0.497 e. The van der Waals surface area contributed by atoms with E-state index >= 15 is 0 Å². The molecule has 0 aliphatic rings. The first-order valence-corrected chi connectivity index (χ1v) is 19.8. The highest BCUT2D eigenvalue weighted by Gasteiger charge is 2.29. The van der Waals surface area contributed by atoms with Crippen LogP contribution in [0, 0.1) is 11.6 Å². The van der Waals surface area contributed by atoms with Crippen molar-refractivity contribution in [3.05, 3.63) is 171 Å². The number of ketones is 2. The zero-order chi connectivity index (χ0) is 44.8. The molecule has 4 heterocycles. The van der Waals surface area contributed by atoms with Crippen molar-refractivity contribution in [3.63, 3.8) is 0 Å². The number of methoxy groups -OCH3 is 2. The summed E-state index contributed by atoms with van der Waals surface area (Å²) in [5.41, 5.74) is 3.23. The second kappa shape index (κ2) is 19.2. The Bertz CT molecular complexity index is 3020. The number of anilines is 2. The summed E-state index contributed by atoms with van der Waals surface area (Å²) in [4.78, 5) is 63.0. The van der Waals surface area contributed by atoms with Crippen LogP contribution in [-0.4, -0.2) is 61.7 Å². The first kappa shape index (κ1) is 43.9. The number of ether oxygens (including phenoxy) is 2. The molecule has 0 atom stereocenters. The Labute approximate surface area is 372 Å². The number of pyridine rings is 1. The number of amides is 2. The van der Waals surface area contributed by atoms with Gasteiger partial charge in [-0.3, -0.25) is 19.2 Å². The van der Waals surface area contributed by atoms with Crippen molar-refractivity contribution >= 4 is 91.5 Å². The van der Waals surface area contributed by atoms with Gasteiger partial charge >= 0.3 is 0 Å². The zero-order valence-electron chi connectivity index (χ0n) is 33.0. The molecule has 13 nitrogen and oxygen atoms in total. The van der Waals surface area contributed by atoms with Crippen molar-refractivity contribution in [1.29, 1.82) is 0 Å². The molecule has 0 saturated heterocycles. The van der Waals surface area contributed by atoms with Gasteiger partial charge < -0.3 is 29.2 Å². The van der Waals surface area contributed by atoms with E-state index in [0.717, 1.165) is 11.1 Å². The van der Waals surface area contributed by atoms with Crippen LogP contribution in [0.2, 0.25) is 15.5 Å². The molecule has 0 unspecified atom stereocenters. The topological polar surface area (TPSA) is 159 Å². The van der Waals surface area contributed by atoms with E-state index < -0.39 is 23.4 Å². The number of halogens is 5. The van der Waals surface area contributed by atoms with Gasteiger partial charge in [-0.15, -0.1) is 0 Å². The summed E-state index contributed by atoms with van der Waals surface area (Å²) in [7, 11) is 3.00. The van der Waals surface area contributed by atoms with E-state index in [1.54, 1.807) is 69.8 Å². The molecule has 4 aromatic heterocycles. The average molecular weight is 911 g/mol. The highest BCUT2D eigenvalue weighted by Crippen LogP contribution is 2.36. The molecule has 63 heavy (non-hydrogen) atoms. The van der Waals surface area contributed by atoms with Gasteiger partial charge in [-0.1, -0.05) is 59.1 Å². The van der Waals surface area contributed by atoms with E-state index in [4.69, 9.17) is 44.3 Å². The number of hydrogen-bond acceptors (Lipinski definition) is 9. The Balaban J connectivity index is 0.000000189. The van der Waals surface area contributed by atoms with Crippen LogP contribution >= 0.6 is 34.8 Å². The maximum atomic E-state index is 13.3. The van der Waals surface area contributed by atoms with Crippen molar-refractivity contribution in [2.24, 2.45) is 0 Å². The van der Waals surface area contributed by atoms with Gasteiger partial charge in [0.1, 0.15) is 50.7 Å². The predicted molar refractivity (Wildman–Crippen MR) is 235 cm³/mol. The molecular formula is C45H32Cl3F2N7O6. The number of carbonyl (C=O) groups is 4. The Hall–Kier alpha value is -7.20. The van der Waals surface area contributed by atoms with Crippen molar-refractivity contribution in [3.8, 4) is 11.5 Å². The number of Topliss-reactive ketones (excluding diaryl/α,β-unsaturated/α-hetero) is 2. The lowest BCUT2D eigenvalue weighted by Gasteiger charge is -2.08. The lowest BCUT2D eigenvalue weighted by atomic mass is 10.1. The van der Waals surface area contributed by atoms with Gasteiger partial charge in [0.15, 0.2) is 0 Å². The zero-order valence-corrected chi connectivity index (χ0v) is 35.3. The fraction of sp³-hybridized carbons (Fsp3) is 0.0889. The summed E-state index contributed by atoms with van der Waals surface area (Å²) in [6.07, 6.45) is 4.11. The lowest BCUT2D eigenvalue weighted by molar-refractivity contribution is -0.113. The summed E-state index contributed by atoms with van der Waals surface area (Å²) >= 11 is 19.0. The number of benzene rings is 4. The van der Waals surface area contributed by atoms with E-state index in [1.807, 2.05) is 0 Å². The molecule has 0 bridgehead atoms. The summed E-state index contributed by atoms with van der Waals surface area (Å²) in [5.74, 6) is -2.91. The van der Waals surface area contributed by atoms with Crippen molar-refractivity contribution in [2.45, 2.75) is 13.1 Å². The first-order valence-electron chi connectivity index (χ1n) is 18.6. The van der Waals surface area contributed by atoms with E-state index in [9.17, 15) is 28.0 Å². The lowest BCUT2D eigenvalue weighted by Crippen LogP contribution is -2.23. The molecule has 18 heteroatoms. The van der Waals surface area contributed by atoms with Crippen LogP contribution in [0.25, 0.3) is 21.8 Å². The van der Waals surface area contributed by atoms with Crippen LogP contribution in [0.4, 0.5) is 20.3 Å². The third-order valence-corrected chi connectivity index (χ3v) is 10.6. The van der Waals surface area contributed by atoms with Gasteiger partial charge in [-0.25, -0.2) is 23.7 Å². The van der Waals surface area contributed by atoms with Crippen LogP contribution in [0.1, 0.15) is 31.8 Å². The third kappa shape index (κ3) is 9.81. The van der Waals surface area contributed by atoms with Gasteiger partial charge in [0.25, 0.3) is 23.4 Å². The average Bonchev–Trinajstić information content (AvgIpc) is 3.72. The first-order chi connectivity index (χ1) is 30.3. The van der Waals surface area contributed by atoms with Gasteiger partial charge in [0, 0.05) is 41.9 Å². The summed E-state index contributed by atoms with van der Waals surface area (Å²) in [5, 5.41) is 6.24. The molecular weight excluding hydrogens is 879 g/mol. The normalized spacial score (nSPS) is 10.8. The fourth-order valence-electron chi connectivity index (χ4n) is 6.58. The van der Waals surface area contributed by atoms with Gasteiger partial charge in [0.2, 0.25) is 0 Å². The van der Waals surface area contributed by atoms with Crippen molar-refractivity contribution in [2.75, 3.05) is 24.9 Å². The third-order valence-electron chi connectivity index (χ3n) is 9.60. The summed E-state index contributed by atoms with van der Waals surface area (Å²) < 4.78 is 40.5. The molecule has 0 fully saturated rings. The van der Waals surface area contributed by atoms with Crippen LogP contribution in [0.3, 0.4) is 0 Å². The minimum atomic E-state index is -0.885. The molecule has 0 aliphatic carbocycles. The van der Waals surface area contributed by atoms with E-state index in [0.29, 0.717) is 39.0 Å². The Morgan fingerprint density at radius 3 is 1.54 bits per heavy atom. The van der Waals surface area contributed by atoms with Gasteiger partial charge in [-0.2, -0.15) is 0 Å². The predicted octanol–water partition coefficient (Wildman–Crippen LogP) is 9.46. The highest BCUT2D eigenvalue weighted by molar-refractivity contribution is 6.52. The molecule has 8 aromatic rings. The van der Waals surface area contributed by atoms with Crippen LogP contribution in [0.15, 0.2) is 122 Å². The molecule has 2 N–H and O–H groups in total. The Kier molecular flexibility index (Phi) is 13.4. The van der Waals surface area contributed by atoms with E-state index in [2.05, 4.69) is 25.6 Å². The van der Waals surface area contributed by atoms with Crippen molar-refractivity contribution in [1.82, 2.24) is 24.1 Å². The minimum absolute atomic E-state index is 0.0420. The van der Waals surface area contributed by atoms with Crippen LogP contribution in [0.5, 0.6) is 11.5 Å². The molecule has 0 saturated carbocycles. The molecule has 2 amide bonds. The number of aromatic nitrogens is 5. The Morgan fingerprint density at radius 2 is 1.10 bits per heavy atom. The number of carbonyl (C=O) groups excluding carboxylic acids is 4. The van der Waals surface area contributed by atoms with E-state index in [-0.39, 0.29) is 57.1 Å². The molecule has 0 radical (unpaired) electrons. The summed E-state index contributed by atoms with van der Waals surface area (Å²) in [6.45, 7) is 0.555. The monoisotopic (exact) mass is 909 g/mol. The maximum Gasteiger partial charge on any atom is 0.298 e. The van der Waals surface area contributed by atoms with Crippen LogP contribution in [-0.2, 0) is 22.7 Å². The maximum absolute atomic E-state index is 13.3. The van der Waals surface area contributed by atoms with Crippen molar-refractivity contribution < 1.29 is 37.4 Å². The quantitative estimate of drug-likeness (QED) is 0.0692. The van der Waals surface area contributed by atoms with Gasteiger partial charge in [-0.05, 0) is 90.0 Å². The number of rotatable bonds is 12. The summed E-state index contributed by atoms with van der Waals surface area (Å²) in [6, 6.07) is 26.6. The molecule has 0 aliphatic heterocycles. The molecule has 318 valence electrons. The number of nitrogens with zero attached hydrogens (tertiary/aromatic N) is 5. The Morgan fingerprint density at radius 1 is 0.603 bits per heavy atom. The fourth-order valence-corrected chi connectivity index (χ4v) is 7.43. The standard InChI is InChI=1S/C23H16Cl2FN3O3.C22H16ClFN4O3/c1-32-16-6-7-18-17(11-16)20(21(30)23(31)28-15-8-9-27-19(24)10-15)22(25)29(18)12-13-2-4-14(26)5-3-13;1-31-15-6-7-17-16(10-15)19(20(29)22(30)27-18-8-9-25-12-26-18)21(23)28(17)11-13-2-4-14(24)5-3-13/h2-11H,12H2,1H3,(H,27,28,31);2-10,12H,11H2,1H3,(H,25,26,27,30). The number of hydrogen-bond donors (Lipinski definition) is 2.